The van der Waals surface area contributed by atoms with Gasteiger partial charge in [0.1, 0.15) is 18.1 Å². The van der Waals surface area contributed by atoms with E-state index in [2.05, 4.69) is 0 Å². The third kappa shape index (κ3) is 11.9. The second kappa shape index (κ2) is 24.1. The van der Waals surface area contributed by atoms with Gasteiger partial charge < -0.3 is 62.9 Å². The lowest BCUT2D eigenvalue weighted by Gasteiger charge is -2.19. The van der Waals surface area contributed by atoms with Gasteiger partial charge in [-0.1, -0.05) is 12.1 Å². The Kier molecular flexibility index (Phi) is 17.0. The number of amides is 2. The van der Waals surface area contributed by atoms with Crippen LogP contribution in [0.5, 0.6) is 34.5 Å². The number of hydrogen-bond donors (Lipinski definition) is 1. The van der Waals surface area contributed by atoms with Crippen LogP contribution in [0.25, 0.3) is 11.1 Å². The molecule has 17 heteroatoms. The number of fused-ring (bicyclic) bond motifs is 4. The van der Waals surface area contributed by atoms with Crippen molar-refractivity contribution in [2.75, 3.05) is 100 Å². The number of unbranched alkanes of at least 4 members (excludes halogenated alkanes) is 2. The lowest BCUT2D eigenvalue weighted by molar-refractivity contribution is 0.000158. The number of nitrogens with two attached hydrogens (primary N) is 1. The molecule has 4 aromatic carbocycles. The smallest absolute Gasteiger partial charge is 0.260 e. The number of nitrogens with zero attached hydrogens (tertiary/aromatic N) is 4. The van der Waals surface area contributed by atoms with Crippen molar-refractivity contribution in [3.05, 3.63) is 101 Å². The molecular weight excluding hydrogens is 899 g/mol. The number of ether oxygens (including phenoxy) is 10. The van der Waals surface area contributed by atoms with Crippen LogP contribution >= 0.6 is 0 Å². The van der Waals surface area contributed by atoms with Crippen LogP contribution in [0.15, 0.2) is 89.1 Å². The Balaban J connectivity index is 0.792. The van der Waals surface area contributed by atoms with Crippen molar-refractivity contribution in [3.8, 4) is 34.5 Å². The summed E-state index contributed by atoms with van der Waals surface area (Å²) in [5, 5.41) is 0. The quantitative estimate of drug-likeness (QED) is 0.0473. The third-order valence-corrected chi connectivity index (χ3v) is 12.2. The number of carbonyl (C=O) groups is 2. The molecule has 370 valence electrons. The molecule has 17 nitrogen and oxygen atoms in total. The maximum Gasteiger partial charge on any atom is 0.260 e. The van der Waals surface area contributed by atoms with E-state index < -0.39 is 0 Å². The number of benzene rings is 4. The first-order valence-electron chi connectivity index (χ1n) is 23.5. The fourth-order valence-corrected chi connectivity index (χ4v) is 8.50. The van der Waals surface area contributed by atoms with E-state index in [-0.39, 0.29) is 23.9 Å². The first-order valence-corrected chi connectivity index (χ1v) is 23.5. The van der Waals surface area contributed by atoms with Crippen molar-refractivity contribution in [2.45, 2.75) is 44.2 Å². The van der Waals surface area contributed by atoms with Gasteiger partial charge >= 0.3 is 0 Å². The monoisotopic (exact) mass is 959 g/mol. The second-order valence-corrected chi connectivity index (χ2v) is 16.8. The van der Waals surface area contributed by atoms with Crippen LogP contribution in [0.3, 0.4) is 0 Å². The number of aliphatic imine (C=N–C) groups is 2. The summed E-state index contributed by atoms with van der Waals surface area (Å²) in [7, 11) is 6.36. The van der Waals surface area contributed by atoms with E-state index in [0.717, 1.165) is 41.5 Å². The largest absolute Gasteiger partial charge is 0.496 e. The van der Waals surface area contributed by atoms with Crippen LogP contribution in [0, 0.1) is 0 Å². The van der Waals surface area contributed by atoms with Gasteiger partial charge in [-0.2, -0.15) is 0 Å². The molecule has 0 aromatic heterocycles. The molecule has 4 heterocycles. The van der Waals surface area contributed by atoms with Crippen molar-refractivity contribution >= 4 is 52.5 Å². The topological polar surface area (TPSA) is 184 Å². The number of anilines is 1. The van der Waals surface area contributed by atoms with Crippen molar-refractivity contribution in [2.24, 2.45) is 9.98 Å². The summed E-state index contributed by atoms with van der Waals surface area (Å²) >= 11 is 0. The summed E-state index contributed by atoms with van der Waals surface area (Å²) in [6.45, 7) is 4.66. The first-order chi connectivity index (χ1) is 34.3. The number of hydrogen-bond acceptors (Lipinski definition) is 15. The summed E-state index contributed by atoms with van der Waals surface area (Å²) in [6, 6.07) is 19.8. The van der Waals surface area contributed by atoms with E-state index in [0.29, 0.717) is 142 Å². The Labute approximate surface area is 408 Å². The summed E-state index contributed by atoms with van der Waals surface area (Å²) < 4.78 is 56.9. The van der Waals surface area contributed by atoms with E-state index in [9.17, 15) is 9.59 Å². The minimum absolute atomic E-state index is 0.149. The molecule has 2 atom stereocenters. The van der Waals surface area contributed by atoms with Gasteiger partial charge in [0.05, 0.1) is 115 Å². The Morgan fingerprint density at radius 2 is 1.03 bits per heavy atom. The number of carbonyl (C=O) groups excluding carboxylic acids is 2. The highest BCUT2D eigenvalue weighted by Crippen LogP contribution is 2.43. The minimum Gasteiger partial charge on any atom is -0.496 e. The SMILES string of the molecule is COCCOCCOCCOCCOc1ccc(C2=CN3C(=O)c4cc(OC)c(OCCCCCOc5cc6c(cc5OC)C(=O)N5C=C(c7ccc(N)cc7)CC5C=N6)cc4N=C[C@H]3C2)c(OC)c1. The van der Waals surface area contributed by atoms with Gasteiger partial charge in [-0.05, 0) is 72.4 Å². The third-order valence-electron chi connectivity index (χ3n) is 12.2. The normalized spacial score (nSPS) is 16.7. The van der Waals surface area contributed by atoms with Gasteiger partial charge in [0.15, 0.2) is 23.0 Å². The van der Waals surface area contributed by atoms with E-state index in [1.54, 1.807) is 68.7 Å². The van der Waals surface area contributed by atoms with Crippen molar-refractivity contribution in [1.82, 2.24) is 9.80 Å². The molecule has 0 saturated heterocycles. The number of rotatable bonds is 26. The summed E-state index contributed by atoms with van der Waals surface area (Å²) in [4.78, 5) is 40.7. The van der Waals surface area contributed by atoms with E-state index in [4.69, 9.17) is 63.1 Å². The van der Waals surface area contributed by atoms with Crippen LogP contribution in [-0.4, -0.2) is 141 Å². The fraction of sp³-hybridized carbons (Fsp3) is 0.396. The zero-order chi connectivity index (χ0) is 48.8. The van der Waals surface area contributed by atoms with Crippen LogP contribution in [-0.2, 0) is 18.9 Å². The van der Waals surface area contributed by atoms with E-state index in [1.807, 2.05) is 61.1 Å². The predicted octanol–water partition coefficient (Wildman–Crippen LogP) is 7.94. The average Bonchev–Trinajstić information content (AvgIpc) is 3.96. The summed E-state index contributed by atoms with van der Waals surface area (Å²) in [5.74, 6) is 2.87. The molecule has 70 heavy (non-hydrogen) atoms. The minimum atomic E-state index is -0.288. The molecule has 4 aliphatic rings. The Bertz CT molecular complexity index is 2600. The zero-order valence-electron chi connectivity index (χ0n) is 40.2. The molecule has 0 bridgehead atoms. The zero-order valence-corrected chi connectivity index (χ0v) is 40.2. The van der Waals surface area contributed by atoms with Gasteiger partial charge in [0.25, 0.3) is 11.8 Å². The number of methoxy groups -OCH3 is 4. The highest BCUT2D eigenvalue weighted by molar-refractivity contribution is 6.06. The van der Waals surface area contributed by atoms with Gasteiger partial charge in [-0.25, -0.2) is 0 Å². The second-order valence-electron chi connectivity index (χ2n) is 16.8. The highest BCUT2D eigenvalue weighted by Gasteiger charge is 2.35. The molecule has 2 amide bonds. The average molecular weight is 960 g/mol. The Morgan fingerprint density at radius 3 is 1.57 bits per heavy atom. The maximum absolute atomic E-state index is 14.1. The fourth-order valence-electron chi connectivity index (χ4n) is 8.50. The molecule has 0 saturated carbocycles. The summed E-state index contributed by atoms with van der Waals surface area (Å²) in [5.41, 5.74) is 12.4. The van der Waals surface area contributed by atoms with Crippen molar-refractivity contribution < 1.29 is 57.0 Å². The van der Waals surface area contributed by atoms with Gasteiger partial charge in [-0.15, -0.1) is 0 Å². The standard InChI is InChI=1S/C53H61N5O12/c1-61-16-17-65-18-19-66-20-21-67-22-23-68-41-12-13-42(47(26-41)62-2)37-25-40-32-56-46-30-51(49(64-4)28-44(46)53(60)58(40)34-37)70-15-7-5-6-14-69-50-29-45-43(27-48(50)63-3)52(59)57-33-36(24-39(57)31-55-45)35-8-10-38(54)11-9-35/h8-13,26-34,39-40H,5-7,14-25,54H2,1-4H3/t39?,40-/m1/s1. The van der Waals surface area contributed by atoms with E-state index in [1.165, 1.54) is 0 Å². The molecule has 0 fully saturated rings. The Hall–Kier alpha value is -6.92. The van der Waals surface area contributed by atoms with Gasteiger partial charge in [-0.3, -0.25) is 19.6 Å². The molecule has 1 unspecified atom stereocenters. The van der Waals surface area contributed by atoms with Crippen LogP contribution in [0.4, 0.5) is 17.1 Å². The first kappa shape index (κ1) is 49.5. The van der Waals surface area contributed by atoms with Crippen LogP contribution in [0.1, 0.15) is 63.9 Å². The van der Waals surface area contributed by atoms with Gasteiger partial charge in [0, 0.05) is 74.2 Å². The Morgan fingerprint density at radius 1 is 0.514 bits per heavy atom. The summed E-state index contributed by atoms with van der Waals surface area (Å²) in [6.07, 6.45) is 10.9. The maximum atomic E-state index is 14.1. The highest BCUT2D eigenvalue weighted by atomic mass is 16.6. The molecule has 4 aliphatic heterocycles. The lowest BCUT2D eigenvalue weighted by atomic mass is 10.0. The van der Waals surface area contributed by atoms with Crippen molar-refractivity contribution in [3.63, 3.8) is 0 Å². The van der Waals surface area contributed by atoms with Gasteiger partial charge in [0.2, 0.25) is 0 Å². The molecule has 0 spiro atoms. The molecular formula is C53H61N5O12. The molecule has 2 N–H and O–H groups in total. The van der Waals surface area contributed by atoms with E-state index >= 15 is 0 Å². The number of nitrogen functional groups attached to an aromatic ring is 1. The molecule has 0 radical (unpaired) electrons. The lowest BCUT2D eigenvalue weighted by Crippen LogP contribution is -2.32. The molecule has 0 aliphatic carbocycles. The van der Waals surface area contributed by atoms with Crippen LogP contribution < -0.4 is 34.2 Å². The molecule has 4 aromatic rings. The van der Waals surface area contributed by atoms with Crippen molar-refractivity contribution in [1.29, 1.82) is 0 Å². The molecule has 8 rings (SSSR count). The van der Waals surface area contributed by atoms with Crippen LogP contribution in [0.2, 0.25) is 0 Å². The predicted molar refractivity (Wildman–Crippen MR) is 266 cm³/mol.